The molecule has 0 spiro atoms. The molecule has 3 nitrogen and oxygen atoms in total. The molecule has 0 amide bonds. The molecule has 0 aromatic heterocycles. The molecule has 1 unspecified atom stereocenters. The van der Waals surface area contributed by atoms with Crippen LogP contribution in [0, 0.1) is 16.7 Å². The third kappa shape index (κ3) is 3.69. The summed E-state index contributed by atoms with van der Waals surface area (Å²) in [5, 5.41) is 8.85. The summed E-state index contributed by atoms with van der Waals surface area (Å²) in [5.74, 6) is 0. The lowest BCUT2D eigenvalue weighted by Crippen LogP contribution is -2.42. The fourth-order valence-electron chi connectivity index (χ4n) is 2.79. The molecule has 3 heteroatoms. The number of piperidine rings is 1. The van der Waals surface area contributed by atoms with Gasteiger partial charge >= 0.3 is 0 Å². The summed E-state index contributed by atoms with van der Waals surface area (Å²) in [6.07, 6.45) is 7.23. The number of ether oxygens (including phenoxy) is 1. The van der Waals surface area contributed by atoms with Gasteiger partial charge in [-0.2, -0.15) is 5.26 Å². The van der Waals surface area contributed by atoms with Crippen molar-refractivity contribution in [1.29, 1.82) is 5.26 Å². The topological polar surface area (TPSA) is 36.3 Å². The van der Waals surface area contributed by atoms with E-state index in [0.29, 0.717) is 11.5 Å². The van der Waals surface area contributed by atoms with Gasteiger partial charge in [0.15, 0.2) is 0 Å². The van der Waals surface area contributed by atoms with Gasteiger partial charge in [0, 0.05) is 26.1 Å². The van der Waals surface area contributed by atoms with Crippen molar-refractivity contribution in [3.8, 4) is 6.07 Å². The number of rotatable bonds is 6. The molecule has 17 heavy (non-hydrogen) atoms. The number of likely N-dealkylation sites (tertiary alicyclic amines) is 1. The van der Waals surface area contributed by atoms with E-state index < -0.39 is 0 Å². The first-order valence-corrected chi connectivity index (χ1v) is 6.99. The van der Waals surface area contributed by atoms with Gasteiger partial charge in [-0.15, -0.1) is 0 Å². The van der Waals surface area contributed by atoms with Gasteiger partial charge in [-0.25, -0.2) is 0 Å². The molecule has 0 radical (unpaired) electrons. The maximum absolute atomic E-state index is 8.85. The van der Waals surface area contributed by atoms with Crippen molar-refractivity contribution >= 4 is 0 Å². The highest BCUT2D eigenvalue weighted by Crippen LogP contribution is 2.49. The second-order valence-electron chi connectivity index (χ2n) is 5.71. The molecule has 96 valence electrons. The number of hydrogen-bond acceptors (Lipinski definition) is 3. The van der Waals surface area contributed by atoms with Crippen molar-refractivity contribution < 1.29 is 4.74 Å². The minimum atomic E-state index is 0.349. The van der Waals surface area contributed by atoms with Gasteiger partial charge in [0.1, 0.15) is 0 Å². The maximum Gasteiger partial charge on any atom is 0.0702 e. The third-order valence-corrected chi connectivity index (χ3v) is 3.99. The van der Waals surface area contributed by atoms with Crippen LogP contribution in [0.4, 0.5) is 0 Å². The van der Waals surface area contributed by atoms with E-state index in [2.05, 4.69) is 17.9 Å². The van der Waals surface area contributed by atoms with E-state index in [0.717, 1.165) is 32.5 Å². The molecule has 0 N–H and O–H groups in total. The highest BCUT2D eigenvalue weighted by atomic mass is 16.5. The Balaban J connectivity index is 1.76. The Morgan fingerprint density at radius 2 is 2.29 bits per heavy atom. The van der Waals surface area contributed by atoms with E-state index >= 15 is 0 Å². The zero-order valence-electron chi connectivity index (χ0n) is 11.0. The molecule has 1 saturated carbocycles. The highest BCUT2D eigenvalue weighted by Gasteiger charge is 2.44. The Kier molecular flexibility index (Phi) is 4.42. The Hall–Kier alpha value is -0.590. The molecule has 1 atom stereocenters. The fourth-order valence-corrected chi connectivity index (χ4v) is 2.79. The molecule has 0 aromatic rings. The lowest BCUT2D eigenvalue weighted by molar-refractivity contribution is -0.00492. The normalized spacial score (nSPS) is 27.6. The molecular formula is C14H24N2O. The minimum absolute atomic E-state index is 0.349. The monoisotopic (exact) mass is 236 g/mol. The number of hydrogen-bond donors (Lipinski definition) is 0. The summed E-state index contributed by atoms with van der Waals surface area (Å²) in [7, 11) is 0. The zero-order chi connectivity index (χ0) is 12.1. The van der Waals surface area contributed by atoms with E-state index in [1.54, 1.807) is 0 Å². The predicted octanol–water partition coefficient (Wildman–Crippen LogP) is 2.57. The van der Waals surface area contributed by atoms with Gasteiger partial charge in [-0.05, 0) is 44.1 Å². The molecule has 1 saturated heterocycles. The van der Waals surface area contributed by atoms with E-state index in [1.807, 2.05) is 0 Å². The maximum atomic E-state index is 8.85. The van der Waals surface area contributed by atoms with Crippen LogP contribution in [0.25, 0.3) is 0 Å². The molecule has 2 rings (SSSR count). The van der Waals surface area contributed by atoms with Crippen LogP contribution < -0.4 is 0 Å². The smallest absolute Gasteiger partial charge is 0.0702 e. The van der Waals surface area contributed by atoms with Gasteiger partial charge in [-0.3, -0.25) is 0 Å². The fraction of sp³-hybridized carbons (Fsp3) is 0.929. The van der Waals surface area contributed by atoms with Gasteiger partial charge in [0.25, 0.3) is 0 Å². The van der Waals surface area contributed by atoms with Gasteiger partial charge in [0.05, 0.1) is 12.2 Å². The van der Waals surface area contributed by atoms with E-state index in [1.165, 1.54) is 32.2 Å². The van der Waals surface area contributed by atoms with Crippen LogP contribution in [0.1, 0.15) is 45.4 Å². The molecule has 2 fully saturated rings. The third-order valence-electron chi connectivity index (χ3n) is 3.99. The average Bonchev–Trinajstić information content (AvgIpc) is 3.07. The Bertz CT molecular complexity index is 280. The largest absolute Gasteiger partial charge is 0.377 e. The molecule has 1 aliphatic carbocycles. The predicted molar refractivity (Wildman–Crippen MR) is 67.6 cm³/mol. The van der Waals surface area contributed by atoms with Crippen LogP contribution in [0.3, 0.4) is 0 Å². The highest BCUT2D eigenvalue weighted by molar-refractivity contribution is 5.01. The summed E-state index contributed by atoms with van der Waals surface area (Å²) in [6, 6.07) is 2.35. The summed E-state index contributed by atoms with van der Waals surface area (Å²) in [5.41, 5.74) is 0.349. The van der Waals surface area contributed by atoms with Crippen molar-refractivity contribution in [2.45, 2.75) is 51.6 Å². The average molecular weight is 236 g/mol. The second kappa shape index (κ2) is 5.84. The van der Waals surface area contributed by atoms with E-state index in [-0.39, 0.29) is 0 Å². The quantitative estimate of drug-likeness (QED) is 0.711. The standard InChI is InChI=1S/C14H24N2O/c1-2-10-17-13-4-3-9-16(11-13)12-14(5-6-14)7-8-15/h13H,2-7,9-12H2,1H3. The van der Waals surface area contributed by atoms with Crippen LogP contribution in [0.15, 0.2) is 0 Å². The van der Waals surface area contributed by atoms with Crippen LogP contribution in [0.2, 0.25) is 0 Å². The summed E-state index contributed by atoms with van der Waals surface area (Å²) < 4.78 is 5.85. The molecular weight excluding hydrogens is 212 g/mol. The SMILES string of the molecule is CCCOC1CCCN(CC2(CC#N)CC2)C1. The van der Waals surface area contributed by atoms with Crippen molar-refractivity contribution in [3.05, 3.63) is 0 Å². The summed E-state index contributed by atoms with van der Waals surface area (Å²) in [6.45, 7) is 6.44. The van der Waals surface area contributed by atoms with E-state index in [4.69, 9.17) is 10.00 Å². The summed E-state index contributed by atoms with van der Waals surface area (Å²) >= 11 is 0. The Morgan fingerprint density at radius 3 is 2.94 bits per heavy atom. The first-order chi connectivity index (χ1) is 8.28. The first kappa shape index (κ1) is 12.9. The number of nitrogens with zero attached hydrogens (tertiary/aromatic N) is 2. The number of nitriles is 1. The van der Waals surface area contributed by atoms with Crippen molar-refractivity contribution in [1.82, 2.24) is 4.90 Å². The van der Waals surface area contributed by atoms with Gasteiger partial charge in [0.2, 0.25) is 0 Å². The Morgan fingerprint density at radius 1 is 1.47 bits per heavy atom. The lowest BCUT2D eigenvalue weighted by Gasteiger charge is -2.34. The molecule has 1 aliphatic heterocycles. The van der Waals surface area contributed by atoms with Crippen LogP contribution in [-0.4, -0.2) is 37.2 Å². The molecule has 2 aliphatic rings. The molecule has 0 bridgehead atoms. The van der Waals surface area contributed by atoms with Crippen molar-refractivity contribution in [2.24, 2.45) is 5.41 Å². The van der Waals surface area contributed by atoms with Crippen LogP contribution >= 0.6 is 0 Å². The zero-order valence-corrected chi connectivity index (χ0v) is 11.0. The van der Waals surface area contributed by atoms with Crippen LogP contribution in [0.5, 0.6) is 0 Å². The van der Waals surface area contributed by atoms with Crippen molar-refractivity contribution in [3.63, 3.8) is 0 Å². The second-order valence-corrected chi connectivity index (χ2v) is 5.71. The lowest BCUT2D eigenvalue weighted by atomic mass is 10.00. The molecule has 0 aromatic carbocycles. The van der Waals surface area contributed by atoms with Gasteiger partial charge in [-0.1, -0.05) is 6.92 Å². The molecule has 1 heterocycles. The Labute approximate surface area is 105 Å². The van der Waals surface area contributed by atoms with E-state index in [9.17, 15) is 0 Å². The minimum Gasteiger partial charge on any atom is -0.377 e. The van der Waals surface area contributed by atoms with Crippen LogP contribution in [-0.2, 0) is 4.74 Å². The van der Waals surface area contributed by atoms with Crippen molar-refractivity contribution in [2.75, 3.05) is 26.2 Å². The summed E-state index contributed by atoms with van der Waals surface area (Å²) in [4.78, 5) is 2.52. The van der Waals surface area contributed by atoms with Gasteiger partial charge < -0.3 is 9.64 Å². The first-order valence-electron chi connectivity index (χ1n) is 6.99.